The Bertz CT molecular complexity index is 420. The largest absolute Gasteiger partial charge is 0.447 e. The second kappa shape index (κ2) is 5.87. The molecule has 0 aliphatic carbocycles. The molecule has 1 aromatic rings. The minimum atomic E-state index is -0.210. The van der Waals surface area contributed by atoms with Gasteiger partial charge in [0.05, 0.1) is 6.04 Å². The fourth-order valence-corrected chi connectivity index (χ4v) is 2.28. The van der Waals surface area contributed by atoms with Crippen LogP contribution in [-0.4, -0.2) is 30.2 Å². The van der Waals surface area contributed by atoms with Gasteiger partial charge in [-0.2, -0.15) is 0 Å². The first kappa shape index (κ1) is 12.9. The molecule has 1 aliphatic heterocycles. The van der Waals surface area contributed by atoms with Gasteiger partial charge in [-0.1, -0.05) is 29.8 Å². The number of benzene rings is 1. The molecule has 4 nitrogen and oxygen atoms in total. The van der Waals surface area contributed by atoms with E-state index >= 15 is 0 Å². The van der Waals surface area contributed by atoms with Gasteiger partial charge in [-0.05, 0) is 31.9 Å². The Hall–Kier alpha value is -1.55. The fraction of sp³-hybridized carbons (Fsp3) is 0.500. The first-order valence-corrected chi connectivity index (χ1v) is 6.39. The first-order valence-electron chi connectivity index (χ1n) is 6.39. The normalized spacial score (nSPS) is 19.1. The number of aryl methyl sites for hydroxylation is 1. The van der Waals surface area contributed by atoms with E-state index in [1.807, 2.05) is 17.0 Å². The standard InChI is InChI=1S/C14H20N2O2/c1-11-4-2-5-12(8-11)9-16-13(6-3-7-15)10-18-14(16)17/h2,4-5,8,13H,3,6-7,9-10,15H2,1H3. The molecule has 0 aromatic heterocycles. The summed E-state index contributed by atoms with van der Waals surface area (Å²) in [6, 6.07) is 8.38. The quantitative estimate of drug-likeness (QED) is 0.867. The SMILES string of the molecule is Cc1cccc(CN2C(=O)OCC2CCCN)c1. The maximum Gasteiger partial charge on any atom is 0.410 e. The summed E-state index contributed by atoms with van der Waals surface area (Å²) in [5.74, 6) is 0. The van der Waals surface area contributed by atoms with Crippen molar-refractivity contribution in [2.24, 2.45) is 5.73 Å². The summed E-state index contributed by atoms with van der Waals surface area (Å²) in [5.41, 5.74) is 7.87. The zero-order valence-corrected chi connectivity index (χ0v) is 10.8. The Labute approximate surface area is 108 Å². The van der Waals surface area contributed by atoms with Crippen molar-refractivity contribution in [2.75, 3.05) is 13.2 Å². The van der Waals surface area contributed by atoms with Gasteiger partial charge >= 0.3 is 6.09 Å². The minimum Gasteiger partial charge on any atom is -0.447 e. The van der Waals surface area contributed by atoms with E-state index in [-0.39, 0.29) is 12.1 Å². The molecule has 1 atom stereocenters. The molecule has 1 fully saturated rings. The van der Waals surface area contributed by atoms with Crippen LogP contribution in [0.5, 0.6) is 0 Å². The zero-order valence-electron chi connectivity index (χ0n) is 10.8. The minimum absolute atomic E-state index is 0.168. The molecule has 0 bridgehead atoms. The topological polar surface area (TPSA) is 55.6 Å². The number of carbonyl (C=O) groups is 1. The molecular formula is C14H20N2O2. The number of hydrogen-bond acceptors (Lipinski definition) is 3. The lowest BCUT2D eigenvalue weighted by molar-refractivity contribution is 0.156. The number of ether oxygens (including phenoxy) is 1. The fourth-order valence-electron chi connectivity index (χ4n) is 2.28. The van der Waals surface area contributed by atoms with Gasteiger partial charge in [0.2, 0.25) is 0 Å². The molecule has 2 rings (SSSR count). The summed E-state index contributed by atoms with van der Waals surface area (Å²) >= 11 is 0. The van der Waals surface area contributed by atoms with E-state index in [2.05, 4.69) is 19.1 Å². The van der Waals surface area contributed by atoms with Crippen LogP contribution in [0.15, 0.2) is 24.3 Å². The van der Waals surface area contributed by atoms with Crippen LogP contribution in [0.25, 0.3) is 0 Å². The summed E-state index contributed by atoms with van der Waals surface area (Å²) in [6.45, 7) is 3.82. The lowest BCUT2D eigenvalue weighted by Gasteiger charge is -2.21. The number of nitrogens with zero attached hydrogens (tertiary/aromatic N) is 1. The second-order valence-corrected chi connectivity index (χ2v) is 4.78. The average molecular weight is 248 g/mol. The third-order valence-electron chi connectivity index (χ3n) is 3.25. The lowest BCUT2D eigenvalue weighted by atomic mass is 10.1. The number of hydrogen-bond donors (Lipinski definition) is 1. The molecule has 2 N–H and O–H groups in total. The van der Waals surface area contributed by atoms with Crippen LogP contribution in [0.3, 0.4) is 0 Å². The number of nitrogens with two attached hydrogens (primary N) is 1. The highest BCUT2D eigenvalue weighted by Gasteiger charge is 2.32. The molecule has 1 aliphatic rings. The Morgan fingerprint density at radius 3 is 3.06 bits per heavy atom. The van der Waals surface area contributed by atoms with E-state index in [4.69, 9.17) is 10.5 Å². The number of cyclic esters (lactones) is 1. The van der Waals surface area contributed by atoms with Crippen molar-refractivity contribution in [3.8, 4) is 0 Å². The number of carbonyl (C=O) groups excluding carboxylic acids is 1. The third kappa shape index (κ3) is 3.01. The molecule has 0 radical (unpaired) electrons. The highest BCUT2D eigenvalue weighted by molar-refractivity contribution is 5.70. The summed E-state index contributed by atoms with van der Waals surface area (Å²) in [4.78, 5) is 13.5. The molecule has 1 unspecified atom stereocenters. The van der Waals surface area contributed by atoms with Crippen LogP contribution in [0.4, 0.5) is 4.79 Å². The lowest BCUT2D eigenvalue weighted by Crippen LogP contribution is -2.33. The maximum absolute atomic E-state index is 11.7. The van der Waals surface area contributed by atoms with Crippen molar-refractivity contribution in [3.63, 3.8) is 0 Å². The Kier molecular flexibility index (Phi) is 4.20. The van der Waals surface area contributed by atoms with Gasteiger partial charge in [-0.25, -0.2) is 4.79 Å². The Morgan fingerprint density at radius 2 is 2.33 bits per heavy atom. The summed E-state index contributed by atoms with van der Waals surface area (Å²) in [7, 11) is 0. The van der Waals surface area contributed by atoms with Gasteiger partial charge in [0.25, 0.3) is 0 Å². The average Bonchev–Trinajstić information content (AvgIpc) is 2.69. The van der Waals surface area contributed by atoms with Gasteiger partial charge in [0.1, 0.15) is 6.61 Å². The van der Waals surface area contributed by atoms with Crippen LogP contribution in [0.2, 0.25) is 0 Å². The van der Waals surface area contributed by atoms with Crippen LogP contribution in [0, 0.1) is 6.92 Å². The predicted octanol–water partition coefficient (Wildman–Crippen LogP) is 2.05. The smallest absolute Gasteiger partial charge is 0.410 e. The highest BCUT2D eigenvalue weighted by Crippen LogP contribution is 2.20. The van der Waals surface area contributed by atoms with Crippen molar-refractivity contribution in [2.45, 2.75) is 32.4 Å². The van der Waals surface area contributed by atoms with E-state index in [0.29, 0.717) is 19.7 Å². The summed E-state index contributed by atoms with van der Waals surface area (Å²) in [6.07, 6.45) is 1.62. The summed E-state index contributed by atoms with van der Waals surface area (Å²) in [5, 5.41) is 0. The van der Waals surface area contributed by atoms with Crippen molar-refractivity contribution in [3.05, 3.63) is 35.4 Å². The van der Waals surface area contributed by atoms with Crippen LogP contribution in [0.1, 0.15) is 24.0 Å². The van der Waals surface area contributed by atoms with Crippen molar-refractivity contribution in [1.29, 1.82) is 0 Å². The van der Waals surface area contributed by atoms with Gasteiger partial charge in [0, 0.05) is 6.54 Å². The molecule has 0 spiro atoms. The Morgan fingerprint density at radius 1 is 1.50 bits per heavy atom. The molecule has 1 aromatic carbocycles. The van der Waals surface area contributed by atoms with Gasteiger partial charge in [0.15, 0.2) is 0 Å². The molecule has 1 amide bonds. The molecule has 4 heteroatoms. The third-order valence-corrected chi connectivity index (χ3v) is 3.25. The van der Waals surface area contributed by atoms with Crippen LogP contribution >= 0.6 is 0 Å². The van der Waals surface area contributed by atoms with Gasteiger partial charge < -0.3 is 10.5 Å². The molecular weight excluding hydrogens is 228 g/mol. The van der Waals surface area contributed by atoms with Crippen LogP contribution < -0.4 is 5.73 Å². The first-order chi connectivity index (χ1) is 8.70. The van der Waals surface area contributed by atoms with Crippen LogP contribution in [-0.2, 0) is 11.3 Å². The Balaban J connectivity index is 2.03. The monoisotopic (exact) mass is 248 g/mol. The van der Waals surface area contributed by atoms with E-state index < -0.39 is 0 Å². The molecule has 18 heavy (non-hydrogen) atoms. The molecule has 1 saturated heterocycles. The molecule has 1 heterocycles. The molecule has 0 saturated carbocycles. The van der Waals surface area contributed by atoms with Crippen molar-refractivity contribution in [1.82, 2.24) is 4.90 Å². The zero-order chi connectivity index (χ0) is 13.0. The van der Waals surface area contributed by atoms with Gasteiger partial charge in [-0.15, -0.1) is 0 Å². The maximum atomic E-state index is 11.7. The van der Waals surface area contributed by atoms with Crippen molar-refractivity contribution < 1.29 is 9.53 Å². The van der Waals surface area contributed by atoms with E-state index in [1.54, 1.807) is 0 Å². The highest BCUT2D eigenvalue weighted by atomic mass is 16.6. The predicted molar refractivity (Wildman–Crippen MR) is 70.1 cm³/mol. The van der Waals surface area contributed by atoms with E-state index in [1.165, 1.54) is 5.56 Å². The second-order valence-electron chi connectivity index (χ2n) is 4.78. The summed E-state index contributed by atoms with van der Waals surface area (Å²) < 4.78 is 5.12. The number of rotatable bonds is 5. The molecule has 98 valence electrons. The van der Waals surface area contributed by atoms with E-state index in [9.17, 15) is 4.79 Å². The van der Waals surface area contributed by atoms with Crippen molar-refractivity contribution >= 4 is 6.09 Å². The van der Waals surface area contributed by atoms with Gasteiger partial charge in [-0.3, -0.25) is 4.90 Å². The van der Waals surface area contributed by atoms with E-state index in [0.717, 1.165) is 18.4 Å². The number of amides is 1.